The highest BCUT2D eigenvalue weighted by Crippen LogP contribution is 2.16. The van der Waals surface area contributed by atoms with Gasteiger partial charge in [-0.2, -0.15) is 13.2 Å². The number of carbonyl (C=O) groups is 1. The van der Waals surface area contributed by atoms with Crippen LogP contribution in [0.3, 0.4) is 0 Å². The second-order valence-electron chi connectivity index (χ2n) is 2.91. The van der Waals surface area contributed by atoms with Crippen molar-refractivity contribution in [3.8, 4) is 0 Å². The average molecular weight is 256 g/mol. The van der Waals surface area contributed by atoms with E-state index in [2.05, 4.69) is 6.58 Å². The third kappa shape index (κ3) is 5.14. The van der Waals surface area contributed by atoms with Crippen molar-refractivity contribution in [3.05, 3.63) is 35.7 Å². The number of halogens is 5. The molecule has 0 aliphatic rings. The quantitative estimate of drug-likeness (QED) is 0.600. The molecule has 0 aromatic heterocycles. The smallest absolute Gasteiger partial charge is 0.397 e. The van der Waals surface area contributed by atoms with Crippen LogP contribution in [0.2, 0.25) is 0 Å². The zero-order valence-corrected chi connectivity index (χ0v) is 8.66. The first-order valence-electron chi connectivity index (χ1n) is 4.12. The lowest BCUT2D eigenvalue weighted by molar-refractivity contribution is -0.172. The van der Waals surface area contributed by atoms with Gasteiger partial charge in [0.1, 0.15) is 5.83 Å². The van der Waals surface area contributed by atoms with Crippen molar-refractivity contribution in [2.24, 2.45) is 5.73 Å². The molecule has 0 atom stereocenters. The zero-order chi connectivity index (χ0) is 13.8. The molecule has 0 saturated heterocycles. The summed E-state index contributed by atoms with van der Waals surface area (Å²) in [6.07, 6.45) is -4.71. The normalized spacial score (nSPS) is 14.1. The minimum atomic E-state index is -5.12. The summed E-state index contributed by atoms with van der Waals surface area (Å²) < 4.78 is 60.4. The molecule has 0 bridgehead atoms. The SMILES string of the molecule is C=C(NC(=O)C(F)(F)F)/C(N)=C\C(F)=C(/C)F. The molecule has 0 rings (SSSR count). The Balaban J connectivity index is 4.77. The van der Waals surface area contributed by atoms with Crippen LogP contribution in [0.1, 0.15) is 6.92 Å². The van der Waals surface area contributed by atoms with Crippen LogP contribution in [0.5, 0.6) is 0 Å². The molecule has 0 aromatic rings. The lowest BCUT2D eigenvalue weighted by Crippen LogP contribution is -2.37. The lowest BCUT2D eigenvalue weighted by atomic mass is 10.3. The maximum atomic E-state index is 12.7. The number of nitrogens with two attached hydrogens (primary N) is 1. The molecule has 8 heteroatoms. The highest BCUT2D eigenvalue weighted by atomic mass is 19.4. The number of carbonyl (C=O) groups excluding carboxylic acids is 1. The molecule has 17 heavy (non-hydrogen) atoms. The third-order valence-corrected chi connectivity index (χ3v) is 1.48. The van der Waals surface area contributed by atoms with Gasteiger partial charge in [-0.1, -0.05) is 6.58 Å². The fourth-order valence-electron chi connectivity index (χ4n) is 0.603. The topological polar surface area (TPSA) is 55.1 Å². The lowest BCUT2D eigenvalue weighted by Gasteiger charge is -2.10. The molecule has 0 heterocycles. The van der Waals surface area contributed by atoms with E-state index in [4.69, 9.17) is 5.73 Å². The van der Waals surface area contributed by atoms with Gasteiger partial charge in [-0.15, -0.1) is 0 Å². The van der Waals surface area contributed by atoms with Gasteiger partial charge < -0.3 is 11.1 Å². The Bertz CT molecular complexity index is 391. The molecule has 0 radical (unpaired) electrons. The fourth-order valence-corrected chi connectivity index (χ4v) is 0.603. The number of allylic oxidation sites excluding steroid dienone is 3. The van der Waals surface area contributed by atoms with Gasteiger partial charge in [0.05, 0.1) is 11.4 Å². The molecule has 1 amide bonds. The summed E-state index contributed by atoms with van der Waals surface area (Å²) in [5, 5.41) is 1.30. The first-order valence-corrected chi connectivity index (χ1v) is 4.12. The fraction of sp³-hybridized carbons (Fsp3) is 0.222. The van der Waals surface area contributed by atoms with E-state index in [9.17, 15) is 26.7 Å². The van der Waals surface area contributed by atoms with Gasteiger partial charge >= 0.3 is 12.1 Å². The monoisotopic (exact) mass is 256 g/mol. The van der Waals surface area contributed by atoms with E-state index in [1.54, 1.807) is 0 Å². The predicted molar refractivity (Wildman–Crippen MR) is 50.5 cm³/mol. The summed E-state index contributed by atoms with van der Waals surface area (Å²) >= 11 is 0. The Morgan fingerprint density at radius 3 is 2.18 bits per heavy atom. The molecule has 0 aliphatic carbocycles. The number of rotatable bonds is 3. The Hall–Kier alpha value is -1.86. The number of hydrogen-bond acceptors (Lipinski definition) is 2. The van der Waals surface area contributed by atoms with Crippen molar-refractivity contribution in [1.29, 1.82) is 0 Å². The van der Waals surface area contributed by atoms with Gasteiger partial charge in [0.15, 0.2) is 5.83 Å². The van der Waals surface area contributed by atoms with Gasteiger partial charge in [0, 0.05) is 6.08 Å². The molecule has 3 N–H and O–H groups in total. The van der Waals surface area contributed by atoms with Gasteiger partial charge in [-0.3, -0.25) is 4.79 Å². The minimum absolute atomic E-state index is 0.411. The molecule has 96 valence electrons. The van der Waals surface area contributed by atoms with Crippen LogP contribution in [-0.4, -0.2) is 12.1 Å². The van der Waals surface area contributed by atoms with E-state index >= 15 is 0 Å². The van der Waals surface area contributed by atoms with Crippen molar-refractivity contribution >= 4 is 5.91 Å². The van der Waals surface area contributed by atoms with E-state index in [1.807, 2.05) is 0 Å². The van der Waals surface area contributed by atoms with Crippen molar-refractivity contribution in [2.75, 3.05) is 0 Å². The van der Waals surface area contributed by atoms with Crippen molar-refractivity contribution in [1.82, 2.24) is 5.32 Å². The zero-order valence-electron chi connectivity index (χ0n) is 8.66. The van der Waals surface area contributed by atoms with Crippen LogP contribution in [0.4, 0.5) is 22.0 Å². The van der Waals surface area contributed by atoms with Gasteiger partial charge in [-0.05, 0) is 6.92 Å². The van der Waals surface area contributed by atoms with E-state index in [1.165, 1.54) is 5.32 Å². The molecule has 0 aromatic carbocycles. The molecule has 0 saturated carbocycles. The second kappa shape index (κ2) is 5.46. The first kappa shape index (κ1) is 15.1. The maximum Gasteiger partial charge on any atom is 0.471 e. The third-order valence-electron chi connectivity index (χ3n) is 1.48. The summed E-state index contributed by atoms with van der Waals surface area (Å²) in [7, 11) is 0. The Kier molecular flexibility index (Phi) is 4.87. The minimum Gasteiger partial charge on any atom is -0.397 e. The molecule has 0 unspecified atom stereocenters. The summed E-state index contributed by atoms with van der Waals surface area (Å²) in [6.45, 7) is 3.77. The van der Waals surface area contributed by atoms with Crippen LogP contribution in [-0.2, 0) is 4.79 Å². The highest BCUT2D eigenvalue weighted by molar-refractivity contribution is 5.83. The number of hydrogen-bond donors (Lipinski definition) is 2. The molecular weight excluding hydrogens is 247 g/mol. The number of alkyl halides is 3. The maximum absolute atomic E-state index is 12.7. The first-order chi connectivity index (χ1) is 7.55. The van der Waals surface area contributed by atoms with Crippen LogP contribution >= 0.6 is 0 Å². The molecular formula is C9H9F5N2O. The number of amides is 1. The van der Waals surface area contributed by atoms with Crippen LogP contribution < -0.4 is 11.1 Å². The van der Waals surface area contributed by atoms with Crippen LogP contribution in [0.25, 0.3) is 0 Å². The molecule has 3 nitrogen and oxygen atoms in total. The summed E-state index contributed by atoms with van der Waals surface area (Å²) in [4.78, 5) is 10.4. The van der Waals surface area contributed by atoms with Crippen molar-refractivity contribution < 1.29 is 26.7 Å². The van der Waals surface area contributed by atoms with Crippen molar-refractivity contribution in [3.63, 3.8) is 0 Å². The molecule has 0 aliphatic heterocycles. The predicted octanol–water partition coefficient (Wildman–Crippen LogP) is 2.19. The van der Waals surface area contributed by atoms with Crippen LogP contribution in [0.15, 0.2) is 35.7 Å². The molecule has 0 spiro atoms. The average Bonchev–Trinajstić information content (AvgIpc) is 2.15. The van der Waals surface area contributed by atoms with E-state index in [-0.39, 0.29) is 0 Å². The highest BCUT2D eigenvalue weighted by Gasteiger charge is 2.38. The van der Waals surface area contributed by atoms with Gasteiger partial charge in [0.25, 0.3) is 0 Å². The second-order valence-corrected chi connectivity index (χ2v) is 2.91. The summed E-state index contributed by atoms with van der Waals surface area (Å²) in [6, 6.07) is 0. The van der Waals surface area contributed by atoms with Gasteiger partial charge in [0.2, 0.25) is 0 Å². The Morgan fingerprint density at radius 1 is 1.35 bits per heavy atom. The summed E-state index contributed by atoms with van der Waals surface area (Å²) in [5.74, 6) is -4.88. The van der Waals surface area contributed by atoms with Gasteiger partial charge in [-0.25, -0.2) is 8.78 Å². The summed E-state index contributed by atoms with van der Waals surface area (Å²) in [5.41, 5.74) is 3.78. The van der Waals surface area contributed by atoms with E-state index in [0.717, 1.165) is 6.92 Å². The standard InChI is InChI=1S/C9H9F5N2O/c1-4(10)6(11)3-7(15)5(2)16-8(17)9(12,13)14/h3H,2,15H2,1H3,(H,16,17)/b6-4-,7-3+. The Morgan fingerprint density at radius 2 is 1.82 bits per heavy atom. The van der Waals surface area contributed by atoms with E-state index in [0.29, 0.717) is 6.08 Å². The Labute approximate surface area is 93.5 Å². The number of nitrogens with one attached hydrogen (secondary N) is 1. The van der Waals surface area contributed by atoms with E-state index < -0.39 is 35.1 Å². The van der Waals surface area contributed by atoms with Crippen LogP contribution in [0, 0.1) is 0 Å². The largest absolute Gasteiger partial charge is 0.471 e. The molecule has 0 fully saturated rings. The van der Waals surface area contributed by atoms with Crippen molar-refractivity contribution in [2.45, 2.75) is 13.1 Å².